The van der Waals surface area contributed by atoms with E-state index in [0.29, 0.717) is 11.6 Å². The molecule has 0 bridgehead atoms. The number of rotatable bonds is 6. The van der Waals surface area contributed by atoms with Gasteiger partial charge in [-0.15, -0.1) is 0 Å². The zero-order valence-corrected chi connectivity index (χ0v) is 22.3. The maximum atomic E-state index is 13.2. The Balaban J connectivity index is 1.43. The largest absolute Gasteiger partial charge is 0.416 e. The first-order valence-electron chi connectivity index (χ1n) is 12.9. The van der Waals surface area contributed by atoms with Gasteiger partial charge in [-0.2, -0.15) is 13.2 Å². The highest BCUT2D eigenvalue weighted by Gasteiger charge is 2.31. The van der Waals surface area contributed by atoms with Crippen molar-refractivity contribution >= 4 is 11.6 Å². The van der Waals surface area contributed by atoms with E-state index < -0.39 is 11.7 Å². The van der Waals surface area contributed by atoms with Gasteiger partial charge in [0.05, 0.1) is 5.56 Å². The number of benzene rings is 2. The van der Waals surface area contributed by atoms with Crippen molar-refractivity contribution in [3.05, 3.63) is 82.7 Å². The van der Waals surface area contributed by atoms with Gasteiger partial charge in [-0.25, -0.2) is 0 Å². The highest BCUT2D eigenvalue weighted by atomic mass is 19.4. The van der Waals surface area contributed by atoms with Crippen LogP contribution in [0.1, 0.15) is 60.7 Å². The quantitative estimate of drug-likeness (QED) is 0.353. The Morgan fingerprint density at radius 2 is 1.70 bits per heavy atom. The summed E-state index contributed by atoms with van der Waals surface area (Å²) in [6, 6.07) is 15.9. The molecular weight excluding hydrogens is 475 g/mol. The molecule has 1 fully saturated rings. The van der Waals surface area contributed by atoms with Gasteiger partial charge in [0, 0.05) is 42.3 Å². The van der Waals surface area contributed by atoms with Crippen molar-refractivity contribution in [3.8, 4) is 5.69 Å². The number of likely N-dealkylation sites (tertiary alicyclic amines) is 1. The molecule has 0 spiro atoms. The maximum absolute atomic E-state index is 13.2. The number of hydrogen-bond acceptors (Lipinski definition) is 2. The second-order valence-electron chi connectivity index (χ2n) is 10.5. The fourth-order valence-electron chi connectivity index (χ4n) is 5.38. The van der Waals surface area contributed by atoms with Crippen LogP contribution in [0, 0.1) is 19.8 Å². The molecule has 0 atom stereocenters. The summed E-state index contributed by atoms with van der Waals surface area (Å²) in [5, 5.41) is 0. The predicted octanol–water partition coefficient (Wildman–Crippen LogP) is 7.11. The van der Waals surface area contributed by atoms with E-state index in [2.05, 4.69) is 23.1 Å². The predicted molar refractivity (Wildman–Crippen MR) is 142 cm³/mol. The average molecular weight is 512 g/mol. The van der Waals surface area contributed by atoms with Crippen molar-refractivity contribution in [1.29, 1.82) is 0 Å². The second kappa shape index (κ2) is 10.7. The molecule has 2 aromatic carbocycles. The van der Waals surface area contributed by atoms with E-state index in [9.17, 15) is 18.0 Å². The van der Waals surface area contributed by atoms with E-state index >= 15 is 0 Å². The zero-order chi connectivity index (χ0) is 26.9. The first kappa shape index (κ1) is 27.0. The Bertz CT molecular complexity index is 1250. The van der Waals surface area contributed by atoms with Gasteiger partial charge in [-0.05, 0) is 93.2 Å². The normalized spacial score (nSPS) is 15.4. The molecule has 0 saturated carbocycles. The first-order valence-corrected chi connectivity index (χ1v) is 12.9. The van der Waals surface area contributed by atoms with Crippen LogP contribution in [0.25, 0.3) is 5.69 Å². The monoisotopic (exact) mass is 511 g/mol. The molecule has 1 aromatic heterocycles. The van der Waals surface area contributed by atoms with Gasteiger partial charge < -0.3 is 9.47 Å². The summed E-state index contributed by atoms with van der Waals surface area (Å²) in [6.45, 7) is 10.4. The summed E-state index contributed by atoms with van der Waals surface area (Å²) in [7, 11) is 1.83. The Morgan fingerprint density at radius 3 is 2.35 bits per heavy atom. The van der Waals surface area contributed by atoms with Gasteiger partial charge in [-0.3, -0.25) is 9.69 Å². The van der Waals surface area contributed by atoms with Crippen molar-refractivity contribution in [2.24, 2.45) is 5.92 Å². The summed E-state index contributed by atoms with van der Waals surface area (Å²) < 4.78 is 41.7. The second-order valence-corrected chi connectivity index (χ2v) is 10.5. The van der Waals surface area contributed by atoms with Crippen molar-refractivity contribution in [2.45, 2.75) is 59.2 Å². The molecule has 1 aliphatic rings. The molecule has 1 amide bonds. The number of alkyl halides is 3. The highest BCUT2D eigenvalue weighted by Crippen LogP contribution is 2.33. The van der Waals surface area contributed by atoms with Crippen LogP contribution in [0.3, 0.4) is 0 Å². The minimum atomic E-state index is -4.36. The standard InChI is InChI=1S/C30H36F3N3O/c1-20(2)29(37)34(5)27-10-6-8-24(17-27)23-12-14-35(15-13-23)19-25-16-21(3)36(22(25)4)28-11-7-9-26(18-28)30(31,32)33/h6-11,16-18,20,23H,12-15,19H2,1-5H3. The Morgan fingerprint density at radius 1 is 1.03 bits per heavy atom. The van der Waals surface area contributed by atoms with Crippen LogP contribution in [0.5, 0.6) is 0 Å². The lowest BCUT2D eigenvalue weighted by Crippen LogP contribution is -2.33. The summed E-state index contributed by atoms with van der Waals surface area (Å²) in [4.78, 5) is 16.6. The molecule has 37 heavy (non-hydrogen) atoms. The topological polar surface area (TPSA) is 28.5 Å². The molecule has 1 aliphatic heterocycles. The van der Waals surface area contributed by atoms with E-state index in [4.69, 9.17) is 0 Å². The molecule has 7 heteroatoms. The lowest BCUT2D eigenvalue weighted by atomic mass is 9.89. The van der Waals surface area contributed by atoms with Crippen molar-refractivity contribution in [2.75, 3.05) is 25.0 Å². The third kappa shape index (κ3) is 5.93. The van der Waals surface area contributed by atoms with Gasteiger partial charge in [0.2, 0.25) is 5.91 Å². The van der Waals surface area contributed by atoms with Crippen molar-refractivity contribution in [1.82, 2.24) is 9.47 Å². The van der Waals surface area contributed by atoms with E-state index in [-0.39, 0.29) is 11.8 Å². The number of aryl methyl sites for hydroxylation is 1. The molecule has 3 aromatic rings. The van der Waals surface area contributed by atoms with Crippen LogP contribution in [-0.2, 0) is 17.5 Å². The number of hydrogen-bond donors (Lipinski definition) is 0. The fourth-order valence-corrected chi connectivity index (χ4v) is 5.38. The summed E-state index contributed by atoms with van der Waals surface area (Å²) in [6.07, 6.45) is -2.31. The van der Waals surface area contributed by atoms with Crippen LogP contribution in [0.2, 0.25) is 0 Å². The number of aromatic nitrogens is 1. The Hall–Kier alpha value is -3.06. The third-order valence-corrected chi connectivity index (χ3v) is 7.50. The number of carbonyl (C=O) groups excluding carboxylic acids is 1. The molecule has 2 heterocycles. The lowest BCUT2D eigenvalue weighted by molar-refractivity contribution is -0.137. The molecular formula is C30H36F3N3O. The van der Waals surface area contributed by atoms with Gasteiger partial charge in [-0.1, -0.05) is 32.0 Å². The van der Waals surface area contributed by atoms with Crippen molar-refractivity contribution < 1.29 is 18.0 Å². The molecule has 4 rings (SSSR count). The Labute approximate surface area is 217 Å². The molecule has 0 radical (unpaired) electrons. The molecule has 0 unspecified atom stereocenters. The molecule has 0 N–H and O–H groups in total. The highest BCUT2D eigenvalue weighted by molar-refractivity contribution is 5.94. The van der Waals surface area contributed by atoms with Crippen LogP contribution in [0.15, 0.2) is 54.6 Å². The molecule has 4 nitrogen and oxygen atoms in total. The summed E-state index contributed by atoms with van der Waals surface area (Å²) >= 11 is 0. The van der Waals surface area contributed by atoms with Gasteiger partial charge >= 0.3 is 6.18 Å². The lowest BCUT2D eigenvalue weighted by Gasteiger charge is -2.32. The van der Waals surface area contributed by atoms with E-state index in [0.717, 1.165) is 61.2 Å². The molecule has 198 valence electrons. The summed E-state index contributed by atoms with van der Waals surface area (Å²) in [5.74, 6) is 0.499. The summed E-state index contributed by atoms with van der Waals surface area (Å²) in [5.41, 5.74) is 5.15. The number of carbonyl (C=O) groups is 1. The number of nitrogens with zero attached hydrogens (tertiary/aromatic N) is 3. The zero-order valence-electron chi connectivity index (χ0n) is 22.3. The maximum Gasteiger partial charge on any atom is 0.416 e. The minimum Gasteiger partial charge on any atom is -0.318 e. The Kier molecular flexibility index (Phi) is 7.83. The van der Waals surface area contributed by atoms with Crippen LogP contribution in [0.4, 0.5) is 18.9 Å². The number of halogens is 3. The molecule has 1 saturated heterocycles. The van der Waals surface area contributed by atoms with Crippen LogP contribution < -0.4 is 4.90 Å². The van der Waals surface area contributed by atoms with Crippen LogP contribution >= 0.6 is 0 Å². The fraction of sp³-hybridized carbons (Fsp3) is 0.433. The number of piperidine rings is 1. The van der Waals surface area contributed by atoms with E-state index in [1.54, 1.807) is 11.0 Å². The van der Waals surface area contributed by atoms with Gasteiger partial charge in [0.25, 0.3) is 0 Å². The first-order chi connectivity index (χ1) is 17.5. The SMILES string of the molecule is Cc1cc(CN2CCC(c3cccc(N(C)C(=O)C(C)C)c3)CC2)c(C)n1-c1cccc(C(F)(F)F)c1. The smallest absolute Gasteiger partial charge is 0.318 e. The van der Waals surface area contributed by atoms with Gasteiger partial charge in [0.15, 0.2) is 0 Å². The van der Waals surface area contributed by atoms with Gasteiger partial charge in [0.1, 0.15) is 0 Å². The number of anilines is 1. The van der Waals surface area contributed by atoms with Crippen LogP contribution in [-0.4, -0.2) is 35.5 Å². The van der Waals surface area contributed by atoms with E-state index in [1.165, 1.54) is 17.7 Å². The number of amides is 1. The van der Waals surface area contributed by atoms with E-state index in [1.807, 2.05) is 51.4 Å². The molecule has 0 aliphatic carbocycles. The third-order valence-electron chi connectivity index (χ3n) is 7.50. The minimum absolute atomic E-state index is 0.0487. The van der Waals surface area contributed by atoms with Crippen molar-refractivity contribution in [3.63, 3.8) is 0 Å². The average Bonchev–Trinajstić information content (AvgIpc) is 3.15.